The summed E-state index contributed by atoms with van der Waals surface area (Å²) in [5, 5.41) is 0. The molecule has 21 heavy (non-hydrogen) atoms. The fourth-order valence-electron chi connectivity index (χ4n) is 2.83. The highest BCUT2D eigenvalue weighted by Gasteiger charge is 2.40. The Morgan fingerprint density at radius 2 is 1.81 bits per heavy atom. The molecule has 2 rings (SSSR count). The molecule has 2 amide bonds. The molecule has 0 bridgehead atoms. The number of hydrogen-bond donors (Lipinski definition) is 1. The largest absolute Gasteiger partial charge is 0.378 e. The van der Waals surface area contributed by atoms with Crippen molar-refractivity contribution in [2.45, 2.75) is 45.7 Å². The molecule has 120 valence electrons. The Bertz CT molecular complexity index is 399. The summed E-state index contributed by atoms with van der Waals surface area (Å²) in [6, 6.07) is -0.917. The first kappa shape index (κ1) is 16.2. The third-order valence-electron chi connectivity index (χ3n) is 4.34. The summed E-state index contributed by atoms with van der Waals surface area (Å²) in [5.41, 5.74) is 5.78. The van der Waals surface area contributed by atoms with Gasteiger partial charge < -0.3 is 20.3 Å². The molecule has 2 N–H and O–H groups in total. The Labute approximate surface area is 126 Å². The summed E-state index contributed by atoms with van der Waals surface area (Å²) >= 11 is 0. The minimum absolute atomic E-state index is 0.0465. The Morgan fingerprint density at radius 3 is 2.38 bits per heavy atom. The molecule has 2 heterocycles. The van der Waals surface area contributed by atoms with E-state index in [1.54, 1.807) is 4.90 Å². The Balaban J connectivity index is 2.05. The maximum Gasteiger partial charge on any atom is 0.245 e. The second-order valence-corrected chi connectivity index (χ2v) is 6.97. The highest BCUT2D eigenvalue weighted by Crippen LogP contribution is 2.25. The maximum atomic E-state index is 12.6. The Hall–Kier alpha value is -1.14. The summed E-state index contributed by atoms with van der Waals surface area (Å²) in [6.07, 6.45) is 1.60. The summed E-state index contributed by atoms with van der Waals surface area (Å²) < 4.78 is 5.28. The average Bonchev–Trinajstić information content (AvgIpc) is 2.94. The molecule has 0 aliphatic carbocycles. The predicted molar refractivity (Wildman–Crippen MR) is 79.6 cm³/mol. The van der Waals surface area contributed by atoms with Gasteiger partial charge in [-0.15, -0.1) is 0 Å². The zero-order valence-corrected chi connectivity index (χ0v) is 13.3. The van der Waals surface area contributed by atoms with E-state index in [1.807, 2.05) is 25.7 Å². The van der Waals surface area contributed by atoms with Gasteiger partial charge in [-0.05, 0) is 18.3 Å². The normalized spacial score (nSPS) is 25.0. The number of carbonyl (C=O) groups is 2. The average molecular weight is 297 g/mol. The molecule has 0 aromatic rings. The molecule has 2 saturated heterocycles. The maximum absolute atomic E-state index is 12.6. The molecule has 2 unspecified atom stereocenters. The standard InChI is InChI=1S/C15H27N3O3/c1-15(2,3)12(16)14(20)18-6-4-5-11(18)13(19)17-7-9-21-10-8-17/h11-12H,4-10,16H2,1-3H3. The molecule has 2 atom stereocenters. The molecule has 6 heteroatoms. The van der Waals surface area contributed by atoms with Crippen molar-refractivity contribution < 1.29 is 14.3 Å². The van der Waals surface area contributed by atoms with E-state index < -0.39 is 6.04 Å². The number of ether oxygens (including phenoxy) is 1. The van der Waals surface area contributed by atoms with Crippen molar-refractivity contribution in [3.63, 3.8) is 0 Å². The van der Waals surface area contributed by atoms with E-state index in [4.69, 9.17) is 10.5 Å². The van der Waals surface area contributed by atoms with E-state index in [0.29, 0.717) is 32.8 Å². The van der Waals surface area contributed by atoms with Gasteiger partial charge in [0.2, 0.25) is 11.8 Å². The predicted octanol–water partition coefficient (Wildman–Crippen LogP) is 0.210. The number of morpholine rings is 1. The van der Waals surface area contributed by atoms with Crippen molar-refractivity contribution in [1.82, 2.24) is 9.80 Å². The van der Waals surface area contributed by atoms with Crippen molar-refractivity contribution in [2.24, 2.45) is 11.1 Å². The van der Waals surface area contributed by atoms with Crippen LogP contribution in [0.25, 0.3) is 0 Å². The molecular weight excluding hydrogens is 270 g/mol. The first-order chi connectivity index (χ1) is 9.82. The van der Waals surface area contributed by atoms with Gasteiger partial charge in [0.15, 0.2) is 0 Å². The molecule has 0 spiro atoms. The number of carbonyl (C=O) groups excluding carboxylic acids is 2. The number of nitrogens with zero attached hydrogens (tertiary/aromatic N) is 2. The number of hydrogen-bond acceptors (Lipinski definition) is 4. The van der Waals surface area contributed by atoms with Crippen LogP contribution in [0.15, 0.2) is 0 Å². The quantitative estimate of drug-likeness (QED) is 0.790. The molecular formula is C15H27N3O3. The van der Waals surface area contributed by atoms with E-state index in [0.717, 1.165) is 12.8 Å². The van der Waals surface area contributed by atoms with Gasteiger partial charge in [-0.3, -0.25) is 9.59 Å². The number of amides is 2. The van der Waals surface area contributed by atoms with Crippen LogP contribution in [0.1, 0.15) is 33.6 Å². The van der Waals surface area contributed by atoms with Gasteiger partial charge in [-0.25, -0.2) is 0 Å². The lowest BCUT2D eigenvalue weighted by molar-refractivity contribution is -0.148. The van der Waals surface area contributed by atoms with Crippen molar-refractivity contribution in [3.05, 3.63) is 0 Å². The van der Waals surface area contributed by atoms with Crippen LogP contribution in [0.5, 0.6) is 0 Å². The van der Waals surface area contributed by atoms with Gasteiger partial charge in [-0.2, -0.15) is 0 Å². The van der Waals surface area contributed by atoms with Crippen LogP contribution in [0.2, 0.25) is 0 Å². The molecule has 0 radical (unpaired) electrons. The van der Waals surface area contributed by atoms with E-state index in [1.165, 1.54) is 0 Å². The molecule has 2 aliphatic rings. The molecule has 0 aromatic carbocycles. The van der Waals surface area contributed by atoms with Gasteiger partial charge in [0, 0.05) is 19.6 Å². The minimum atomic E-state index is -0.574. The van der Waals surface area contributed by atoms with E-state index >= 15 is 0 Å². The Kier molecular flexibility index (Phi) is 4.88. The third kappa shape index (κ3) is 3.55. The van der Waals surface area contributed by atoms with Crippen molar-refractivity contribution in [1.29, 1.82) is 0 Å². The van der Waals surface area contributed by atoms with Crippen LogP contribution in [-0.4, -0.2) is 66.5 Å². The smallest absolute Gasteiger partial charge is 0.245 e. The highest BCUT2D eigenvalue weighted by molar-refractivity contribution is 5.90. The van der Waals surface area contributed by atoms with Crippen LogP contribution in [0, 0.1) is 5.41 Å². The molecule has 0 aromatic heterocycles. The first-order valence-electron chi connectivity index (χ1n) is 7.75. The van der Waals surface area contributed by atoms with Crippen LogP contribution >= 0.6 is 0 Å². The molecule has 6 nitrogen and oxygen atoms in total. The number of rotatable bonds is 2. The zero-order valence-electron chi connectivity index (χ0n) is 13.3. The van der Waals surface area contributed by atoms with Crippen molar-refractivity contribution in [2.75, 3.05) is 32.8 Å². The number of likely N-dealkylation sites (tertiary alicyclic amines) is 1. The summed E-state index contributed by atoms with van der Waals surface area (Å²) in [4.78, 5) is 28.7. The minimum Gasteiger partial charge on any atom is -0.378 e. The first-order valence-corrected chi connectivity index (χ1v) is 7.75. The van der Waals surface area contributed by atoms with Gasteiger partial charge in [-0.1, -0.05) is 20.8 Å². The van der Waals surface area contributed by atoms with Crippen LogP contribution in [-0.2, 0) is 14.3 Å². The third-order valence-corrected chi connectivity index (χ3v) is 4.34. The second kappa shape index (κ2) is 6.32. The second-order valence-electron chi connectivity index (χ2n) is 6.97. The van der Waals surface area contributed by atoms with E-state index in [9.17, 15) is 9.59 Å². The van der Waals surface area contributed by atoms with Gasteiger partial charge in [0.25, 0.3) is 0 Å². The van der Waals surface area contributed by atoms with E-state index in [2.05, 4.69) is 0 Å². The van der Waals surface area contributed by atoms with Gasteiger partial charge in [0.05, 0.1) is 19.3 Å². The highest BCUT2D eigenvalue weighted by atomic mass is 16.5. The number of nitrogens with two attached hydrogens (primary N) is 1. The van der Waals surface area contributed by atoms with Crippen LogP contribution in [0.4, 0.5) is 0 Å². The lowest BCUT2D eigenvalue weighted by Gasteiger charge is -2.35. The lowest BCUT2D eigenvalue weighted by atomic mass is 9.86. The fraction of sp³-hybridized carbons (Fsp3) is 0.867. The SMILES string of the molecule is CC(C)(C)C(N)C(=O)N1CCCC1C(=O)N1CCOCC1. The van der Waals surface area contributed by atoms with Crippen molar-refractivity contribution >= 4 is 11.8 Å². The summed E-state index contributed by atoms with van der Waals surface area (Å²) in [6.45, 7) is 8.86. The summed E-state index contributed by atoms with van der Waals surface area (Å²) in [7, 11) is 0. The fourth-order valence-corrected chi connectivity index (χ4v) is 2.83. The van der Waals surface area contributed by atoms with Crippen molar-refractivity contribution in [3.8, 4) is 0 Å². The topological polar surface area (TPSA) is 75.9 Å². The van der Waals surface area contributed by atoms with Gasteiger partial charge >= 0.3 is 0 Å². The lowest BCUT2D eigenvalue weighted by Crippen LogP contribution is -2.56. The van der Waals surface area contributed by atoms with Gasteiger partial charge in [0.1, 0.15) is 6.04 Å². The summed E-state index contributed by atoms with van der Waals surface area (Å²) in [5.74, 6) is -0.0585. The molecule has 2 fully saturated rings. The zero-order chi connectivity index (χ0) is 15.6. The molecule has 2 aliphatic heterocycles. The van der Waals surface area contributed by atoms with Crippen LogP contribution in [0.3, 0.4) is 0 Å². The van der Waals surface area contributed by atoms with Crippen LogP contribution < -0.4 is 5.73 Å². The van der Waals surface area contributed by atoms with E-state index in [-0.39, 0.29) is 23.3 Å². The molecule has 0 saturated carbocycles. The Morgan fingerprint density at radius 1 is 1.19 bits per heavy atom. The monoisotopic (exact) mass is 297 g/mol.